The minimum atomic E-state index is -4.36. The molecule has 0 aliphatic carbocycles. The van der Waals surface area contributed by atoms with E-state index in [1.165, 1.54) is 29.4 Å². The first-order chi connectivity index (χ1) is 24.4. The van der Waals surface area contributed by atoms with Crippen molar-refractivity contribution in [3.05, 3.63) is 46.8 Å². The van der Waals surface area contributed by atoms with Crippen LogP contribution in [0.25, 0.3) is 22.1 Å². The van der Waals surface area contributed by atoms with Gasteiger partial charge in [-0.3, -0.25) is 18.1 Å². The average Bonchev–Trinajstić information content (AvgIpc) is 3.61. The van der Waals surface area contributed by atoms with Gasteiger partial charge in [0.15, 0.2) is 42.4 Å². The summed E-state index contributed by atoms with van der Waals surface area (Å²) in [6.07, 6.45) is -1.75. The van der Waals surface area contributed by atoms with E-state index < -0.39 is 80.9 Å². The highest BCUT2D eigenvalue weighted by molar-refractivity contribution is 7.48. The van der Waals surface area contributed by atoms with Crippen LogP contribution in [-0.4, -0.2) is 85.9 Å². The lowest BCUT2D eigenvalue weighted by atomic mass is 10.1. The number of nitrogens with two attached hydrogens (primary N) is 1. The first kappa shape index (κ1) is 37.1. The quantitative estimate of drug-likeness (QED) is 0.134. The highest BCUT2D eigenvalue weighted by atomic mass is 31.2. The van der Waals surface area contributed by atoms with Crippen LogP contribution in [0.2, 0.25) is 0 Å². The van der Waals surface area contributed by atoms with E-state index in [2.05, 4.69) is 15.0 Å². The molecule has 0 bridgehead atoms. The highest BCUT2D eigenvalue weighted by Gasteiger charge is 2.53. The Morgan fingerprint density at radius 1 is 1.00 bits per heavy atom. The summed E-state index contributed by atoms with van der Waals surface area (Å²) in [5.74, 6) is -1.30. The number of hydrogen-bond acceptors (Lipinski definition) is 18. The van der Waals surface area contributed by atoms with Crippen LogP contribution in [0.1, 0.15) is 53.3 Å². The Balaban J connectivity index is 1.22. The molecule has 2 fully saturated rings. The molecule has 2 saturated heterocycles. The number of rotatable bonds is 10. The predicted molar refractivity (Wildman–Crippen MR) is 178 cm³/mol. The number of imidazole rings is 1. The van der Waals surface area contributed by atoms with Crippen LogP contribution in [0.15, 0.2) is 40.1 Å². The van der Waals surface area contributed by atoms with Gasteiger partial charge in [-0.25, -0.2) is 33.9 Å². The zero-order chi connectivity index (χ0) is 37.6. The molecule has 1 aromatic carbocycles. The van der Waals surface area contributed by atoms with Gasteiger partial charge in [0.05, 0.1) is 19.5 Å². The number of carbonyl (C=O) groups is 2. The molecule has 280 valence electrons. The summed E-state index contributed by atoms with van der Waals surface area (Å²) < 4.78 is 65.3. The van der Waals surface area contributed by atoms with E-state index in [1.807, 2.05) is 0 Å². The molecule has 0 spiro atoms. The summed E-state index contributed by atoms with van der Waals surface area (Å²) in [7, 11) is -4.36. The first-order valence-corrected chi connectivity index (χ1v) is 17.5. The molecule has 2 aliphatic rings. The Bertz CT molecular complexity index is 2110. The second-order valence-corrected chi connectivity index (χ2v) is 15.5. The number of esters is 2. The number of nitrogen functional groups attached to an aromatic ring is 1. The van der Waals surface area contributed by atoms with E-state index in [0.29, 0.717) is 11.2 Å². The van der Waals surface area contributed by atoms with E-state index >= 15 is 0 Å². The lowest BCUT2D eigenvalue weighted by molar-refractivity contribution is -0.158. The minimum absolute atomic E-state index is 0.0156. The minimum Gasteiger partial charge on any atom is -0.478 e. The molecule has 2 aliphatic heterocycles. The molecule has 0 amide bonds. The van der Waals surface area contributed by atoms with Gasteiger partial charge in [0.25, 0.3) is 0 Å². The molecule has 4 aromatic rings. The Morgan fingerprint density at radius 3 is 2.31 bits per heavy atom. The Kier molecular flexibility index (Phi) is 10.0. The van der Waals surface area contributed by atoms with Crippen LogP contribution >= 0.6 is 7.82 Å². The van der Waals surface area contributed by atoms with Gasteiger partial charge in [0.2, 0.25) is 0 Å². The SMILES string of the molecule is CC(C)(C)OC(=O)COc1cc2oc(=O)cc(COP3(=O)OC[C@H]4O[C@@H](n5cnc6c(N)ncnc65)[C@H](O)[C@@H]4O3)c2cc1OCC(=O)OC(C)(C)C. The largest absolute Gasteiger partial charge is 0.478 e. The topological polar surface area (TPSA) is 245 Å². The molecule has 52 heavy (non-hydrogen) atoms. The Morgan fingerprint density at radius 2 is 1.65 bits per heavy atom. The van der Waals surface area contributed by atoms with Gasteiger partial charge in [0.1, 0.15) is 46.9 Å². The lowest BCUT2D eigenvalue weighted by Crippen LogP contribution is -2.39. The second kappa shape index (κ2) is 14.1. The maximum atomic E-state index is 13.7. The number of aliphatic hydroxyl groups is 1. The van der Waals surface area contributed by atoms with Crippen molar-refractivity contribution in [1.29, 1.82) is 0 Å². The first-order valence-electron chi connectivity index (χ1n) is 16.0. The molecule has 3 aromatic heterocycles. The fourth-order valence-corrected chi connectivity index (χ4v) is 6.81. The zero-order valence-corrected chi connectivity index (χ0v) is 30.0. The number of hydrogen-bond donors (Lipinski definition) is 2. The van der Waals surface area contributed by atoms with Gasteiger partial charge in [-0.2, -0.15) is 0 Å². The molecule has 6 rings (SSSR count). The van der Waals surface area contributed by atoms with E-state index in [-0.39, 0.29) is 40.5 Å². The van der Waals surface area contributed by atoms with Crippen LogP contribution in [0.5, 0.6) is 11.5 Å². The van der Waals surface area contributed by atoms with E-state index in [1.54, 1.807) is 41.5 Å². The molecule has 5 heterocycles. The fraction of sp³-hybridized carbons (Fsp3) is 0.500. The highest BCUT2D eigenvalue weighted by Crippen LogP contribution is 2.57. The number of ether oxygens (including phenoxy) is 5. The summed E-state index contributed by atoms with van der Waals surface area (Å²) in [6.45, 7) is 8.35. The smallest absolute Gasteiger partial charge is 0.475 e. The number of aliphatic hydroxyl groups excluding tert-OH is 1. The number of benzene rings is 1. The van der Waals surface area contributed by atoms with Crippen LogP contribution in [0.4, 0.5) is 5.82 Å². The third kappa shape index (κ3) is 8.35. The van der Waals surface area contributed by atoms with Gasteiger partial charge in [-0.15, -0.1) is 0 Å². The van der Waals surface area contributed by atoms with Crippen molar-refractivity contribution in [2.24, 2.45) is 0 Å². The average molecular weight is 748 g/mol. The Labute approximate surface area is 295 Å². The van der Waals surface area contributed by atoms with Crippen molar-refractivity contribution in [1.82, 2.24) is 19.5 Å². The summed E-state index contributed by atoms with van der Waals surface area (Å²) in [6, 6.07) is 3.78. The maximum Gasteiger partial charge on any atom is 0.475 e. The van der Waals surface area contributed by atoms with E-state index in [0.717, 1.165) is 6.07 Å². The molecule has 1 unspecified atom stereocenters. The molecular weight excluding hydrogens is 709 g/mol. The van der Waals surface area contributed by atoms with Gasteiger partial charge in [-0.1, -0.05) is 0 Å². The van der Waals surface area contributed by atoms with Gasteiger partial charge in [0, 0.05) is 17.5 Å². The van der Waals surface area contributed by atoms with Crippen molar-refractivity contribution < 1.29 is 60.9 Å². The zero-order valence-electron chi connectivity index (χ0n) is 29.1. The van der Waals surface area contributed by atoms with Crippen LogP contribution in [-0.2, 0) is 48.5 Å². The number of aromatic nitrogens is 4. The molecule has 5 atom stereocenters. The normalized spacial score (nSPS) is 23.4. The molecular formula is C32H38N5O14P. The number of phosphoric acid groups is 1. The lowest BCUT2D eigenvalue weighted by Gasteiger charge is -2.30. The number of anilines is 1. The molecule has 3 N–H and O–H groups in total. The maximum absolute atomic E-state index is 13.7. The number of carbonyl (C=O) groups excluding carboxylic acids is 2. The van der Waals surface area contributed by atoms with E-state index in [4.69, 9.17) is 47.4 Å². The van der Waals surface area contributed by atoms with Gasteiger partial charge >= 0.3 is 25.4 Å². The fourth-order valence-electron chi connectivity index (χ4n) is 5.43. The van der Waals surface area contributed by atoms with Gasteiger partial charge in [-0.05, 0) is 53.2 Å². The monoisotopic (exact) mass is 747 g/mol. The summed E-state index contributed by atoms with van der Waals surface area (Å²) in [5.41, 5.74) is 4.28. The van der Waals surface area contributed by atoms with Crippen LogP contribution in [0, 0.1) is 0 Å². The van der Waals surface area contributed by atoms with Crippen LogP contribution < -0.4 is 20.8 Å². The summed E-state index contributed by atoms with van der Waals surface area (Å²) >= 11 is 0. The number of nitrogens with zero attached hydrogens (tertiary/aromatic N) is 4. The van der Waals surface area contributed by atoms with Crippen molar-refractivity contribution in [2.75, 3.05) is 25.6 Å². The number of fused-ring (bicyclic) bond motifs is 3. The summed E-state index contributed by atoms with van der Waals surface area (Å²) in [4.78, 5) is 49.8. The van der Waals surface area contributed by atoms with Crippen molar-refractivity contribution in [3.8, 4) is 11.5 Å². The molecule has 19 nitrogen and oxygen atoms in total. The van der Waals surface area contributed by atoms with Crippen molar-refractivity contribution in [2.45, 2.75) is 83.9 Å². The molecule has 20 heteroatoms. The predicted octanol–water partition coefficient (Wildman–Crippen LogP) is 2.95. The molecule has 0 radical (unpaired) electrons. The van der Waals surface area contributed by atoms with Crippen molar-refractivity contribution >= 4 is 47.7 Å². The molecule has 0 saturated carbocycles. The third-order valence-corrected chi connectivity index (χ3v) is 8.83. The third-order valence-electron chi connectivity index (χ3n) is 7.42. The summed E-state index contributed by atoms with van der Waals surface area (Å²) in [5, 5.41) is 11.4. The second-order valence-electron chi connectivity index (χ2n) is 13.9. The van der Waals surface area contributed by atoms with E-state index in [9.17, 15) is 24.1 Å². The Hall–Kier alpha value is -4.65. The number of phosphoric ester groups is 1. The van der Waals surface area contributed by atoms with Crippen LogP contribution in [0.3, 0.4) is 0 Å². The van der Waals surface area contributed by atoms with Gasteiger partial charge < -0.3 is 38.9 Å². The van der Waals surface area contributed by atoms with Crippen molar-refractivity contribution in [3.63, 3.8) is 0 Å². The standard InChI is InChI=1S/C32H38N5O14P/c1-31(2,3)49-23(39)12-43-19-8-17-16(7-22(38)47-18(17)9-20(19)44-13-24(40)50-32(4,5)6)10-45-52(42)46-11-21-27(51-52)26(41)30(48-21)37-15-36-25-28(33)34-14-35-29(25)37/h7-9,14-15,21,26-27,30,41H,10-13H2,1-6H3,(H2,33,34,35)/t21-,26-,27-,30-,52?/m1/s1.